The standard InChI is InChI=1S/C34H71N/c1-4-7-9-11-13-15-17-19-21-23-25-27-29-31-33-35(6-3)34-32-30-28-26-24-22-20-18-16-14-12-10-8-5-2/h4-34H2,1-3H3. The molecule has 0 amide bonds. The van der Waals surface area contributed by atoms with Gasteiger partial charge in [0, 0.05) is 0 Å². The predicted molar refractivity (Wildman–Crippen MR) is 163 cm³/mol. The molecule has 0 unspecified atom stereocenters. The maximum atomic E-state index is 2.71. The molecular weight excluding hydrogens is 422 g/mol. The third-order valence-corrected chi connectivity index (χ3v) is 8.10. The molecule has 1 nitrogen and oxygen atoms in total. The van der Waals surface area contributed by atoms with Gasteiger partial charge in [0.2, 0.25) is 0 Å². The van der Waals surface area contributed by atoms with Crippen LogP contribution in [0, 0.1) is 0 Å². The van der Waals surface area contributed by atoms with Gasteiger partial charge in [-0.1, -0.05) is 188 Å². The SMILES string of the molecule is CCCCCCCCCCCCCCCCN(CC)CCCCCCCCCCCCCCCC. The van der Waals surface area contributed by atoms with Crippen LogP contribution in [0.25, 0.3) is 0 Å². The van der Waals surface area contributed by atoms with Gasteiger partial charge in [0.1, 0.15) is 0 Å². The molecular formula is C34H71N. The second-order valence-corrected chi connectivity index (χ2v) is 11.6. The van der Waals surface area contributed by atoms with Crippen molar-refractivity contribution in [3.05, 3.63) is 0 Å². The lowest BCUT2D eigenvalue weighted by Gasteiger charge is -2.20. The molecule has 212 valence electrons. The van der Waals surface area contributed by atoms with Gasteiger partial charge < -0.3 is 4.90 Å². The molecule has 0 radical (unpaired) electrons. The zero-order chi connectivity index (χ0) is 25.5. The van der Waals surface area contributed by atoms with E-state index in [2.05, 4.69) is 25.7 Å². The summed E-state index contributed by atoms with van der Waals surface area (Å²) in [6.45, 7) is 10.9. The van der Waals surface area contributed by atoms with Gasteiger partial charge in [-0.25, -0.2) is 0 Å². The van der Waals surface area contributed by atoms with Crippen molar-refractivity contribution < 1.29 is 0 Å². The molecule has 0 aliphatic carbocycles. The number of unbranched alkanes of at least 4 members (excludes halogenated alkanes) is 26. The monoisotopic (exact) mass is 494 g/mol. The van der Waals surface area contributed by atoms with Gasteiger partial charge in [-0.05, 0) is 32.5 Å². The summed E-state index contributed by atoms with van der Waals surface area (Å²) in [6.07, 6.45) is 40.9. The molecule has 0 aromatic rings. The summed E-state index contributed by atoms with van der Waals surface area (Å²) in [5.41, 5.74) is 0. The summed E-state index contributed by atoms with van der Waals surface area (Å²) in [7, 11) is 0. The van der Waals surface area contributed by atoms with Crippen LogP contribution >= 0.6 is 0 Å². The summed E-state index contributed by atoms with van der Waals surface area (Å²) < 4.78 is 0. The van der Waals surface area contributed by atoms with Crippen molar-refractivity contribution in [1.82, 2.24) is 4.90 Å². The third kappa shape index (κ3) is 30.1. The molecule has 0 N–H and O–H groups in total. The van der Waals surface area contributed by atoms with Crippen molar-refractivity contribution in [3.63, 3.8) is 0 Å². The summed E-state index contributed by atoms with van der Waals surface area (Å²) in [4.78, 5) is 2.71. The average Bonchev–Trinajstić information content (AvgIpc) is 2.87. The summed E-state index contributed by atoms with van der Waals surface area (Å²) in [5.74, 6) is 0. The van der Waals surface area contributed by atoms with Crippen molar-refractivity contribution in [2.75, 3.05) is 19.6 Å². The second-order valence-electron chi connectivity index (χ2n) is 11.6. The maximum absolute atomic E-state index is 2.71. The second kappa shape index (κ2) is 32.0. The molecule has 0 rings (SSSR count). The average molecular weight is 494 g/mol. The highest BCUT2D eigenvalue weighted by molar-refractivity contribution is 4.58. The van der Waals surface area contributed by atoms with Crippen LogP contribution in [-0.4, -0.2) is 24.5 Å². The fourth-order valence-corrected chi connectivity index (χ4v) is 5.49. The fourth-order valence-electron chi connectivity index (χ4n) is 5.49. The first-order valence-electron chi connectivity index (χ1n) is 17.1. The van der Waals surface area contributed by atoms with Gasteiger partial charge in [-0.3, -0.25) is 0 Å². The van der Waals surface area contributed by atoms with E-state index in [4.69, 9.17) is 0 Å². The van der Waals surface area contributed by atoms with Gasteiger partial charge in [0.05, 0.1) is 0 Å². The highest BCUT2D eigenvalue weighted by Gasteiger charge is 2.02. The van der Waals surface area contributed by atoms with Gasteiger partial charge in [0.25, 0.3) is 0 Å². The lowest BCUT2D eigenvalue weighted by Crippen LogP contribution is -2.25. The molecule has 35 heavy (non-hydrogen) atoms. The van der Waals surface area contributed by atoms with E-state index >= 15 is 0 Å². The minimum atomic E-state index is 1.25. The van der Waals surface area contributed by atoms with Crippen molar-refractivity contribution in [3.8, 4) is 0 Å². The first-order chi connectivity index (χ1) is 17.3. The Bertz CT molecular complexity index is 320. The van der Waals surface area contributed by atoms with E-state index in [1.165, 1.54) is 199 Å². The predicted octanol–water partition coefficient (Wildman–Crippen LogP) is 12.3. The Balaban J connectivity index is 3.25. The van der Waals surface area contributed by atoms with E-state index in [1.807, 2.05) is 0 Å². The quantitative estimate of drug-likeness (QED) is 0.0867. The molecule has 0 heterocycles. The Morgan fingerprint density at radius 1 is 0.257 bits per heavy atom. The highest BCUT2D eigenvalue weighted by Crippen LogP contribution is 2.15. The fraction of sp³-hybridized carbons (Fsp3) is 1.00. The number of hydrogen-bond acceptors (Lipinski definition) is 1. The van der Waals surface area contributed by atoms with Crippen LogP contribution in [-0.2, 0) is 0 Å². The van der Waals surface area contributed by atoms with E-state index in [0.29, 0.717) is 0 Å². The lowest BCUT2D eigenvalue weighted by atomic mass is 10.0. The van der Waals surface area contributed by atoms with Crippen LogP contribution in [0.3, 0.4) is 0 Å². The van der Waals surface area contributed by atoms with E-state index < -0.39 is 0 Å². The summed E-state index contributed by atoms with van der Waals surface area (Å²) in [6, 6.07) is 0. The minimum absolute atomic E-state index is 1.25. The Morgan fingerprint density at radius 2 is 0.457 bits per heavy atom. The minimum Gasteiger partial charge on any atom is -0.304 e. The third-order valence-electron chi connectivity index (χ3n) is 8.10. The number of hydrogen-bond donors (Lipinski definition) is 0. The first-order valence-corrected chi connectivity index (χ1v) is 17.1. The molecule has 0 saturated carbocycles. The normalized spacial score (nSPS) is 11.7. The smallest absolute Gasteiger partial charge is 0.00189 e. The maximum Gasteiger partial charge on any atom is -0.00189 e. The Labute approximate surface area is 225 Å². The molecule has 0 aromatic carbocycles. The molecule has 0 atom stereocenters. The van der Waals surface area contributed by atoms with E-state index in [0.717, 1.165) is 0 Å². The molecule has 0 aliphatic rings. The van der Waals surface area contributed by atoms with Crippen LogP contribution in [0.15, 0.2) is 0 Å². The molecule has 0 saturated heterocycles. The number of rotatable bonds is 31. The molecule has 1 heteroatoms. The van der Waals surface area contributed by atoms with Crippen molar-refractivity contribution in [2.24, 2.45) is 0 Å². The first kappa shape index (κ1) is 35.0. The Morgan fingerprint density at radius 3 is 0.657 bits per heavy atom. The van der Waals surface area contributed by atoms with Crippen LogP contribution in [0.4, 0.5) is 0 Å². The summed E-state index contributed by atoms with van der Waals surface area (Å²) in [5, 5.41) is 0. The lowest BCUT2D eigenvalue weighted by molar-refractivity contribution is 0.273. The molecule has 0 fully saturated rings. The molecule has 0 spiro atoms. The molecule has 0 aliphatic heterocycles. The highest BCUT2D eigenvalue weighted by atomic mass is 15.1. The van der Waals surface area contributed by atoms with Crippen molar-refractivity contribution in [1.29, 1.82) is 0 Å². The van der Waals surface area contributed by atoms with Crippen molar-refractivity contribution >= 4 is 0 Å². The van der Waals surface area contributed by atoms with Gasteiger partial charge in [-0.15, -0.1) is 0 Å². The van der Waals surface area contributed by atoms with E-state index in [9.17, 15) is 0 Å². The topological polar surface area (TPSA) is 3.24 Å². The number of nitrogens with zero attached hydrogens (tertiary/aromatic N) is 1. The van der Waals surface area contributed by atoms with Gasteiger partial charge >= 0.3 is 0 Å². The summed E-state index contributed by atoms with van der Waals surface area (Å²) >= 11 is 0. The zero-order valence-corrected chi connectivity index (χ0v) is 25.4. The molecule has 0 aromatic heterocycles. The van der Waals surface area contributed by atoms with Crippen LogP contribution in [0.2, 0.25) is 0 Å². The van der Waals surface area contributed by atoms with Crippen LogP contribution < -0.4 is 0 Å². The van der Waals surface area contributed by atoms with E-state index in [1.54, 1.807) is 0 Å². The Kier molecular flexibility index (Phi) is 32.0. The van der Waals surface area contributed by atoms with Crippen LogP contribution in [0.1, 0.15) is 201 Å². The van der Waals surface area contributed by atoms with Gasteiger partial charge in [-0.2, -0.15) is 0 Å². The van der Waals surface area contributed by atoms with Crippen molar-refractivity contribution in [2.45, 2.75) is 201 Å². The largest absolute Gasteiger partial charge is 0.304 e. The zero-order valence-electron chi connectivity index (χ0n) is 25.4. The Hall–Kier alpha value is -0.0400. The van der Waals surface area contributed by atoms with E-state index in [-0.39, 0.29) is 0 Å². The van der Waals surface area contributed by atoms with Gasteiger partial charge in [0.15, 0.2) is 0 Å². The molecule has 0 bridgehead atoms. The van der Waals surface area contributed by atoms with Crippen LogP contribution in [0.5, 0.6) is 0 Å².